The highest BCUT2D eigenvalue weighted by atomic mass is 16.5. The normalized spacial score (nSPS) is 10.5. The van der Waals surface area contributed by atoms with Gasteiger partial charge in [-0.2, -0.15) is 0 Å². The molecule has 0 amide bonds. The monoisotopic (exact) mass is 558 g/mol. The van der Waals surface area contributed by atoms with E-state index in [0.717, 1.165) is 25.2 Å². The van der Waals surface area contributed by atoms with Crippen molar-refractivity contribution in [1.82, 2.24) is 0 Å². The maximum absolute atomic E-state index is 5.86. The number of ether oxygens (including phenoxy) is 1. The summed E-state index contributed by atoms with van der Waals surface area (Å²) in [6, 6.07) is 30.6. The van der Waals surface area contributed by atoms with Crippen LogP contribution in [0.5, 0.6) is 5.75 Å². The van der Waals surface area contributed by atoms with E-state index in [0.29, 0.717) is 0 Å². The maximum atomic E-state index is 5.86. The van der Waals surface area contributed by atoms with E-state index in [1.807, 2.05) is 41.5 Å². The Labute approximate surface area is 255 Å². The first-order valence-electron chi connectivity index (χ1n) is 16.9. The molecule has 1 heteroatoms. The Morgan fingerprint density at radius 2 is 0.902 bits per heavy atom. The molecule has 3 aromatic rings. The predicted octanol–water partition coefficient (Wildman–Crippen LogP) is 13.4. The topological polar surface area (TPSA) is 9.23 Å². The third-order valence-corrected chi connectivity index (χ3v) is 6.63. The van der Waals surface area contributed by atoms with Crippen molar-refractivity contribution in [3.05, 3.63) is 102 Å². The minimum Gasteiger partial charge on any atom is -0.494 e. The molecule has 3 rings (SSSR count). The van der Waals surface area contributed by atoms with Gasteiger partial charge < -0.3 is 4.74 Å². The first kappa shape index (κ1) is 38.2. The highest BCUT2D eigenvalue weighted by Crippen LogP contribution is 2.36. The lowest BCUT2D eigenvalue weighted by molar-refractivity contribution is 0.317. The SMILES string of the molecule is CC.CC.CC.CCCCCCCCCCC/C(=C(\c1ccccc1)c1ccc(OCCC)cc1)c1ccccc1. The van der Waals surface area contributed by atoms with Crippen molar-refractivity contribution in [2.45, 2.75) is 126 Å². The minimum atomic E-state index is 0.759. The molecule has 0 aromatic heterocycles. The molecule has 0 saturated carbocycles. The van der Waals surface area contributed by atoms with Crippen molar-refractivity contribution in [2.75, 3.05) is 6.61 Å². The second kappa shape index (κ2) is 27.4. The molecule has 3 aromatic carbocycles. The summed E-state index contributed by atoms with van der Waals surface area (Å²) in [4.78, 5) is 0. The molecule has 0 aliphatic carbocycles. The fourth-order valence-corrected chi connectivity index (χ4v) is 4.72. The van der Waals surface area contributed by atoms with Crippen LogP contribution in [0.3, 0.4) is 0 Å². The molecular weight excluding hydrogens is 496 g/mol. The molecule has 0 N–H and O–H groups in total. The standard InChI is InChI=1S/C34H44O.3C2H6/c1-3-5-6-7-8-9-10-11-18-23-33(29-19-14-12-15-20-29)34(30-21-16-13-17-22-30)31-24-26-32(27-25-31)35-28-4-2;3*1-2/h12-17,19-22,24-27H,3-11,18,23,28H2,1-2H3;3*1-2H3/b34-33-;;;. The zero-order chi connectivity index (χ0) is 30.6. The molecule has 0 unspecified atom stereocenters. The second-order valence-corrected chi connectivity index (χ2v) is 9.54. The second-order valence-electron chi connectivity index (χ2n) is 9.54. The lowest BCUT2D eigenvalue weighted by Crippen LogP contribution is -1.98. The number of allylic oxidation sites excluding steroid dienone is 1. The molecular formula is C40H62O. The van der Waals surface area contributed by atoms with E-state index in [-0.39, 0.29) is 0 Å². The first-order chi connectivity index (χ1) is 20.3. The largest absolute Gasteiger partial charge is 0.494 e. The van der Waals surface area contributed by atoms with Crippen molar-refractivity contribution in [3.8, 4) is 5.75 Å². The Hall–Kier alpha value is -2.80. The zero-order valence-electron chi connectivity index (χ0n) is 28.0. The van der Waals surface area contributed by atoms with Crippen LogP contribution >= 0.6 is 0 Å². The number of unbranched alkanes of at least 4 members (excludes halogenated alkanes) is 8. The van der Waals surface area contributed by atoms with Crippen LogP contribution in [0.1, 0.15) is 143 Å². The van der Waals surface area contributed by atoms with Gasteiger partial charge in [-0.3, -0.25) is 0 Å². The fraction of sp³-hybridized carbons (Fsp3) is 0.500. The molecule has 0 atom stereocenters. The molecule has 0 saturated heterocycles. The van der Waals surface area contributed by atoms with Crippen LogP contribution in [0.15, 0.2) is 84.9 Å². The molecule has 0 aliphatic rings. The Kier molecular flexibility index (Phi) is 25.5. The van der Waals surface area contributed by atoms with Crippen molar-refractivity contribution < 1.29 is 4.74 Å². The lowest BCUT2D eigenvalue weighted by atomic mass is 9.86. The molecule has 1 nitrogen and oxygen atoms in total. The van der Waals surface area contributed by atoms with E-state index in [1.54, 1.807) is 0 Å². The van der Waals surface area contributed by atoms with E-state index in [4.69, 9.17) is 4.74 Å². The van der Waals surface area contributed by atoms with Gasteiger partial charge in [0.1, 0.15) is 5.75 Å². The Morgan fingerprint density at radius 3 is 1.39 bits per heavy atom. The van der Waals surface area contributed by atoms with Gasteiger partial charge in [-0.25, -0.2) is 0 Å². The van der Waals surface area contributed by atoms with E-state index in [1.165, 1.54) is 85.6 Å². The summed E-state index contributed by atoms with van der Waals surface area (Å²) in [5.41, 5.74) is 6.66. The lowest BCUT2D eigenvalue weighted by Gasteiger charge is -2.18. The maximum Gasteiger partial charge on any atom is 0.119 e. The van der Waals surface area contributed by atoms with Crippen LogP contribution in [0.25, 0.3) is 11.1 Å². The number of rotatable bonds is 16. The highest BCUT2D eigenvalue weighted by Gasteiger charge is 2.14. The summed E-state index contributed by atoms with van der Waals surface area (Å²) in [6.07, 6.45) is 14.3. The van der Waals surface area contributed by atoms with Gasteiger partial charge in [0.25, 0.3) is 0 Å². The summed E-state index contributed by atoms with van der Waals surface area (Å²) in [7, 11) is 0. The van der Waals surface area contributed by atoms with Crippen molar-refractivity contribution in [1.29, 1.82) is 0 Å². The van der Waals surface area contributed by atoms with Gasteiger partial charge in [0.05, 0.1) is 6.61 Å². The summed E-state index contributed by atoms with van der Waals surface area (Å²) < 4.78 is 5.86. The molecule has 0 spiro atoms. The van der Waals surface area contributed by atoms with Gasteiger partial charge >= 0.3 is 0 Å². The molecule has 0 heterocycles. The first-order valence-corrected chi connectivity index (χ1v) is 16.9. The average Bonchev–Trinajstić information content (AvgIpc) is 3.06. The molecule has 0 aliphatic heterocycles. The van der Waals surface area contributed by atoms with Gasteiger partial charge in [-0.05, 0) is 59.2 Å². The van der Waals surface area contributed by atoms with Crippen LogP contribution in [0, 0.1) is 0 Å². The molecule has 0 bridgehead atoms. The third-order valence-electron chi connectivity index (χ3n) is 6.63. The number of hydrogen-bond donors (Lipinski definition) is 0. The van der Waals surface area contributed by atoms with Crippen LogP contribution in [0.4, 0.5) is 0 Å². The molecule has 41 heavy (non-hydrogen) atoms. The van der Waals surface area contributed by atoms with E-state index < -0.39 is 0 Å². The van der Waals surface area contributed by atoms with Crippen LogP contribution in [-0.2, 0) is 0 Å². The van der Waals surface area contributed by atoms with Crippen LogP contribution in [-0.4, -0.2) is 6.61 Å². The average molecular weight is 559 g/mol. The molecule has 0 fully saturated rings. The quantitative estimate of drug-likeness (QED) is 0.125. The zero-order valence-corrected chi connectivity index (χ0v) is 28.0. The van der Waals surface area contributed by atoms with Crippen molar-refractivity contribution >= 4 is 11.1 Å². The van der Waals surface area contributed by atoms with Gasteiger partial charge in [0.2, 0.25) is 0 Å². The van der Waals surface area contributed by atoms with E-state index in [9.17, 15) is 0 Å². The van der Waals surface area contributed by atoms with Gasteiger partial charge in [-0.15, -0.1) is 0 Å². The number of benzene rings is 3. The summed E-state index contributed by atoms with van der Waals surface area (Å²) >= 11 is 0. The van der Waals surface area contributed by atoms with Crippen LogP contribution < -0.4 is 4.74 Å². The van der Waals surface area contributed by atoms with Crippen LogP contribution in [0.2, 0.25) is 0 Å². The number of hydrogen-bond acceptors (Lipinski definition) is 1. The smallest absolute Gasteiger partial charge is 0.119 e. The van der Waals surface area contributed by atoms with E-state index >= 15 is 0 Å². The van der Waals surface area contributed by atoms with Gasteiger partial charge in [-0.1, -0.05) is 180 Å². The van der Waals surface area contributed by atoms with Gasteiger partial charge in [0.15, 0.2) is 0 Å². The highest BCUT2D eigenvalue weighted by molar-refractivity contribution is 5.98. The Bertz CT molecular complexity index is 970. The summed E-state index contributed by atoms with van der Waals surface area (Å²) in [5, 5.41) is 0. The Morgan fingerprint density at radius 1 is 0.463 bits per heavy atom. The summed E-state index contributed by atoms with van der Waals surface area (Å²) in [6.45, 7) is 17.2. The van der Waals surface area contributed by atoms with Gasteiger partial charge in [0, 0.05) is 0 Å². The van der Waals surface area contributed by atoms with E-state index in [2.05, 4.69) is 98.8 Å². The van der Waals surface area contributed by atoms with Crippen molar-refractivity contribution in [2.24, 2.45) is 0 Å². The molecule has 0 radical (unpaired) electrons. The molecule has 228 valence electrons. The van der Waals surface area contributed by atoms with Crippen molar-refractivity contribution in [3.63, 3.8) is 0 Å². The Balaban J connectivity index is 0.00000250. The third kappa shape index (κ3) is 15.7. The predicted molar refractivity (Wildman–Crippen MR) is 187 cm³/mol. The summed E-state index contributed by atoms with van der Waals surface area (Å²) in [5.74, 6) is 0.947. The minimum absolute atomic E-state index is 0.759. The fourth-order valence-electron chi connectivity index (χ4n) is 4.72.